The van der Waals surface area contributed by atoms with Crippen LogP contribution in [0.15, 0.2) is 72.8 Å². The van der Waals surface area contributed by atoms with Crippen molar-refractivity contribution < 1.29 is 14.0 Å². The van der Waals surface area contributed by atoms with E-state index >= 15 is 0 Å². The first kappa shape index (κ1) is 35.8. The fraction of sp³-hybridized carbons (Fsp3) is 0.487. The van der Waals surface area contributed by atoms with Gasteiger partial charge in [0.15, 0.2) is 5.78 Å². The minimum Gasteiger partial charge on any atom is -0.382 e. The van der Waals surface area contributed by atoms with Crippen LogP contribution in [0.25, 0.3) is 11.1 Å². The molecule has 244 valence electrons. The lowest BCUT2D eigenvalue weighted by Gasteiger charge is -2.27. The molecule has 0 spiro atoms. The molecule has 45 heavy (non-hydrogen) atoms. The minimum absolute atomic E-state index is 0.00423. The Hall–Kier alpha value is -3.67. The van der Waals surface area contributed by atoms with Crippen LogP contribution in [0.5, 0.6) is 0 Å². The molecule has 2 saturated carbocycles. The summed E-state index contributed by atoms with van der Waals surface area (Å²) in [6.45, 7) is 11.7. The summed E-state index contributed by atoms with van der Waals surface area (Å²) in [6.07, 6.45) is 8.51. The van der Waals surface area contributed by atoms with E-state index in [2.05, 4.69) is 47.0 Å². The highest BCUT2D eigenvalue weighted by Crippen LogP contribution is 2.31. The molecule has 1 saturated heterocycles. The number of hydrogen-bond acceptors (Lipinski definition) is 3. The quantitative estimate of drug-likeness (QED) is 0.248. The molecule has 3 fully saturated rings. The van der Waals surface area contributed by atoms with Crippen LogP contribution >= 0.6 is 0 Å². The SMILES string of the molecule is CC.CC.CC(F)c1ccc(CNC(=O)N2CCCC2)cc1.O=C(c1ccc(-c2ccc(NC3CCC3)cc2)cc1)C1CCC1. The van der Waals surface area contributed by atoms with Gasteiger partial charge in [-0.1, -0.05) is 94.8 Å². The smallest absolute Gasteiger partial charge is 0.317 e. The number of anilines is 1. The normalized spacial score (nSPS) is 16.2. The number of rotatable bonds is 8. The van der Waals surface area contributed by atoms with E-state index in [1.165, 1.54) is 49.4 Å². The second kappa shape index (κ2) is 19.0. The number of nitrogens with zero attached hydrogens (tertiary/aromatic N) is 1. The molecule has 2 N–H and O–H groups in total. The molecule has 5 nitrogen and oxygen atoms in total. The van der Waals surface area contributed by atoms with Gasteiger partial charge < -0.3 is 15.5 Å². The molecule has 0 bridgehead atoms. The monoisotopic (exact) mass is 615 g/mol. The average Bonchev–Trinajstić information content (AvgIpc) is 3.59. The Labute approximate surface area is 271 Å². The third-order valence-electron chi connectivity index (χ3n) is 8.62. The summed E-state index contributed by atoms with van der Waals surface area (Å²) in [5.41, 5.74) is 6.10. The van der Waals surface area contributed by atoms with Crippen LogP contribution in [0, 0.1) is 5.92 Å². The molecule has 0 aromatic heterocycles. The van der Waals surface area contributed by atoms with E-state index < -0.39 is 6.17 Å². The van der Waals surface area contributed by atoms with E-state index in [0.29, 0.717) is 23.9 Å². The van der Waals surface area contributed by atoms with Crippen molar-refractivity contribution in [2.75, 3.05) is 18.4 Å². The molecular formula is C39H54FN3O2. The number of hydrogen-bond donors (Lipinski definition) is 2. The maximum Gasteiger partial charge on any atom is 0.317 e. The standard InChI is InChI=1S/C21H23NO.C14H19FN2O.2C2H6/c23-21(17-3-1-4-17)18-9-7-15(8-10-18)16-11-13-20(14-12-16)22-19-5-2-6-19;1-11(15)13-6-4-12(5-7-13)10-16-14(18)17-8-2-3-9-17;2*1-2/h7-14,17,19,22H,1-6H2;4-7,11H,2-3,8-10H2,1H3,(H,16,18);2*1-2H3. The van der Waals surface area contributed by atoms with Crippen LogP contribution in [-0.4, -0.2) is 35.8 Å². The van der Waals surface area contributed by atoms with Gasteiger partial charge in [-0.2, -0.15) is 0 Å². The maximum atomic E-state index is 13.0. The number of Topliss-reactive ketones (excluding diaryl/α,β-unsaturated/α-hetero) is 1. The molecule has 0 radical (unpaired) electrons. The van der Waals surface area contributed by atoms with Gasteiger partial charge in [-0.15, -0.1) is 0 Å². The predicted octanol–water partition coefficient (Wildman–Crippen LogP) is 10.4. The summed E-state index contributed by atoms with van der Waals surface area (Å²) >= 11 is 0. The molecular weight excluding hydrogens is 561 g/mol. The molecule has 3 aliphatic rings. The van der Waals surface area contributed by atoms with Crippen LogP contribution in [0.4, 0.5) is 14.9 Å². The van der Waals surface area contributed by atoms with E-state index in [0.717, 1.165) is 49.9 Å². The number of alkyl halides is 1. The number of nitrogens with one attached hydrogen (secondary N) is 2. The molecule has 3 aromatic carbocycles. The van der Waals surface area contributed by atoms with Crippen LogP contribution in [-0.2, 0) is 6.54 Å². The lowest BCUT2D eigenvalue weighted by atomic mass is 9.80. The van der Waals surface area contributed by atoms with Crippen LogP contribution in [0.1, 0.15) is 114 Å². The van der Waals surface area contributed by atoms with Gasteiger partial charge in [-0.25, -0.2) is 9.18 Å². The number of ketones is 1. The molecule has 6 heteroatoms. The van der Waals surface area contributed by atoms with Gasteiger partial charge in [-0.3, -0.25) is 4.79 Å². The second-order valence-corrected chi connectivity index (χ2v) is 11.6. The highest BCUT2D eigenvalue weighted by molar-refractivity contribution is 5.98. The van der Waals surface area contributed by atoms with Gasteiger partial charge in [0.05, 0.1) is 0 Å². The second-order valence-electron chi connectivity index (χ2n) is 11.6. The Kier molecular flexibility index (Phi) is 15.1. The van der Waals surface area contributed by atoms with Crippen molar-refractivity contribution in [3.05, 3.63) is 89.5 Å². The Morgan fingerprint density at radius 1 is 0.756 bits per heavy atom. The summed E-state index contributed by atoms with van der Waals surface area (Å²) in [5, 5.41) is 6.44. The first-order valence-corrected chi connectivity index (χ1v) is 17.2. The van der Waals surface area contributed by atoms with Gasteiger partial charge in [0.1, 0.15) is 6.17 Å². The summed E-state index contributed by atoms with van der Waals surface area (Å²) < 4.78 is 13.0. The first-order valence-electron chi connectivity index (χ1n) is 17.2. The summed E-state index contributed by atoms with van der Waals surface area (Å²) in [5.74, 6) is 0.598. The van der Waals surface area contributed by atoms with Crippen molar-refractivity contribution in [2.45, 2.75) is 105 Å². The van der Waals surface area contributed by atoms with Crippen LogP contribution in [0.3, 0.4) is 0 Å². The number of urea groups is 1. The van der Waals surface area contributed by atoms with Gasteiger partial charge >= 0.3 is 6.03 Å². The Morgan fingerprint density at radius 2 is 1.29 bits per heavy atom. The first-order chi connectivity index (χ1) is 22.0. The molecule has 1 heterocycles. The van der Waals surface area contributed by atoms with E-state index in [9.17, 15) is 14.0 Å². The van der Waals surface area contributed by atoms with Crippen molar-refractivity contribution in [3.8, 4) is 11.1 Å². The number of carbonyl (C=O) groups is 2. The van der Waals surface area contributed by atoms with Gasteiger partial charge in [-0.05, 0) is 86.3 Å². The topological polar surface area (TPSA) is 61.4 Å². The minimum atomic E-state index is -0.946. The van der Waals surface area contributed by atoms with Crippen LogP contribution in [0.2, 0.25) is 0 Å². The third-order valence-corrected chi connectivity index (χ3v) is 8.62. The highest BCUT2D eigenvalue weighted by Gasteiger charge is 2.26. The Balaban J connectivity index is 0.000000227. The fourth-order valence-corrected chi connectivity index (χ4v) is 5.39. The molecule has 1 atom stereocenters. The van der Waals surface area contributed by atoms with Crippen molar-refractivity contribution in [3.63, 3.8) is 0 Å². The molecule has 6 rings (SSSR count). The maximum absolute atomic E-state index is 13.0. The largest absolute Gasteiger partial charge is 0.382 e. The van der Waals surface area contributed by atoms with Crippen molar-refractivity contribution in [1.82, 2.24) is 10.2 Å². The van der Waals surface area contributed by atoms with Crippen molar-refractivity contribution in [2.24, 2.45) is 5.92 Å². The van der Waals surface area contributed by atoms with E-state index in [1.807, 2.05) is 56.9 Å². The number of carbonyl (C=O) groups excluding carboxylic acids is 2. The zero-order valence-electron chi connectivity index (χ0n) is 28.1. The van der Waals surface area contributed by atoms with Crippen molar-refractivity contribution in [1.29, 1.82) is 0 Å². The fourth-order valence-electron chi connectivity index (χ4n) is 5.39. The van der Waals surface area contributed by atoms with E-state index in [4.69, 9.17) is 0 Å². The molecule has 1 unspecified atom stereocenters. The molecule has 2 aliphatic carbocycles. The average molecular weight is 616 g/mol. The number of halogens is 1. The van der Waals surface area contributed by atoms with E-state index in [1.54, 1.807) is 12.1 Å². The third kappa shape index (κ3) is 10.7. The van der Waals surface area contributed by atoms with Gasteiger partial charge in [0, 0.05) is 42.8 Å². The lowest BCUT2D eigenvalue weighted by molar-refractivity contribution is 0.0855. The van der Waals surface area contributed by atoms with Crippen molar-refractivity contribution >= 4 is 17.5 Å². The zero-order valence-corrected chi connectivity index (χ0v) is 28.1. The van der Waals surface area contributed by atoms with Crippen LogP contribution < -0.4 is 10.6 Å². The summed E-state index contributed by atoms with van der Waals surface area (Å²) in [6, 6.07) is 24.6. The molecule has 2 amide bonds. The summed E-state index contributed by atoms with van der Waals surface area (Å²) in [4.78, 5) is 25.8. The molecule has 3 aromatic rings. The number of amides is 2. The Morgan fingerprint density at radius 3 is 1.76 bits per heavy atom. The Bertz CT molecular complexity index is 1280. The van der Waals surface area contributed by atoms with Gasteiger partial charge in [0.25, 0.3) is 0 Å². The zero-order chi connectivity index (χ0) is 32.6. The number of benzene rings is 3. The molecule has 1 aliphatic heterocycles. The number of likely N-dealkylation sites (tertiary alicyclic amines) is 1. The summed E-state index contributed by atoms with van der Waals surface area (Å²) in [7, 11) is 0. The van der Waals surface area contributed by atoms with E-state index in [-0.39, 0.29) is 11.9 Å². The lowest BCUT2D eigenvalue weighted by Crippen LogP contribution is -2.37. The predicted molar refractivity (Wildman–Crippen MR) is 187 cm³/mol. The van der Waals surface area contributed by atoms with Gasteiger partial charge in [0.2, 0.25) is 0 Å². The highest BCUT2D eigenvalue weighted by atomic mass is 19.1.